The van der Waals surface area contributed by atoms with Gasteiger partial charge in [-0.1, -0.05) is 5.16 Å². The summed E-state index contributed by atoms with van der Waals surface area (Å²) in [5.74, 6) is 0.435. The summed E-state index contributed by atoms with van der Waals surface area (Å²) in [6, 6.07) is 3.37. The highest BCUT2D eigenvalue weighted by molar-refractivity contribution is 5.94. The number of hydrogen-bond donors (Lipinski definition) is 1. The molecule has 0 bridgehead atoms. The predicted molar refractivity (Wildman–Crippen MR) is 80.8 cm³/mol. The van der Waals surface area contributed by atoms with Crippen molar-refractivity contribution in [2.45, 2.75) is 39.7 Å². The number of nitrogens with zero attached hydrogens (tertiary/aromatic N) is 2. The van der Waals surface area contributed by atoms with Gasteiger partial charge >= 0.3 is 0 Å². The van der Waals surface area contributed by atoms with E-state index in [4.69, 9.17) is 4.52 Å². The van der Waals surface area contributed by atoms with Gasteiger partial charge in [0.15, 0.2) is 5.76 Å². The Morgan fingerprint density at radius 1 is 1.36 bits per heavy atom. The quantitative estimate of drug-likeness (QED) is 0.922. The maximum Gasteiger partial charge on any atom is 0.261 e. The summed E-state index contributed by atoms with van der Waals surface area (Å²) in [6.45, 7) is 6.17. The van der Waals surface area contributed by atoms with Crippen molar-refractivity contribution in [1.29, 1.82) is 0 Å². The number of pyridine rings is 1. The third-order valence-corrected chi connectivity index (χ3v) is 4.22. The number of carbonyl (C=O) groups is 1. The number of rotatable bonds is 2. The van der Waals surface area contributed by atoms with E-state index in [1.807, 2.05) is 26.8 Å². The van der Waals surface area contributed by atoms with E-state index in [9.17, 15) is 9.59 Å². The van der Waals surface area contributed by atoms with E-state index >= 15 is 0 Å². The van der Waals surface area contributed by atoms with Crippen molar-refractivity contribution in [3.8, 4) is 0 Å². The fourth-order valence-electron chi connectivity index (χ4n) is 2.89. The number of aromatic nitrogens is 2. The van der Waals surface area contributed by atoms with Gasteiger partial charge in [0.05, 0.1) is 11.7 Å². The van der Waals surface area contributed by atoms with Gasteiger partial charge in [0.2, 0.25) is 0 Å². The molecule has 6 nitrogen and oxygen atoms in total. The lowest BCUT2D eigenvalue weighted by molar-refractivity contribution is 0.0712. The lowest BCUT2D eigenvalue weighted by Crippen LogP contribution is -2.34. The van der Waals surface area contributed by atoms with Crippen molar-refractivity contribution in [2.75, 3.05) is 6.54 Å². The second kappa shape index (κ2) is 5.44. The summed E-state index contributed by atoms with van der Waals surface area (Å²) in [6.07, 6.45) is 1.71. The molecule has 6 heteroatoms. The van der Waals surface area contributed by atoms with Crippen LogP contribution in [0.4, 0.5) is 0 Å². The minimum Gasteiger partial charge on any atom is -0.359 e. The Labute approximate surface area is 128 Å². The average Bonchev–Trinajstić information content (AvgIpc) is 3.10. The zero-order valence-electron chi connectivity index (χ0n) is 13.0. The summed E-state index contributed by atoms with van der Waals surface area (Å²) in [5.41, 5.74) is 2.32. The largest absolute Gasteiger partial charge is 0.359 e. The number of H-pyrrole nitrogens is 1. The monoisotopic (exact) mass is 301 g/mol. The Balaban J connectivity index is 1.94. The lowest BCUT2D eigenvalue weighted by Gasteiger charge is -2.22. The van der Waals surface area contributed by atoms with E-state index in [-0.39, 0.29) is 23.1 Å². The molecule has 0 saturated carbocycles. The van der Waals surface area contributed by atoms with Crippen LogP contribution in [0.3, 0.4) is 0 Å². The highest BCUT2D eigenvalue weighted by atomic mass is 16.5. The van der Waals surface area contributed by atoms with Crippen molar-refractivity contribution in [3.63, 3.8) is 0 Å². The molecule has 1 N–H and O–H groups in total. The van der Waals surface area contributed by atoms with Crippen LogP contribution < -0.4 is 5.56 Å². The van der Waals surface area contributed by atoms with E-state index in [0.717, 1.165) is 29.8 Å². The second-order valence-electron chi connectivity index (χ2n) is 5.85. The third kappa shape index (κ3) is 2.45. The second-order valence-corrected chi connectivity index (χ2v) is 5.85. The number of aromatic amines is 1. The maximum absolute atomic E-state index is 12.8. The molecule has 1 atom stereocenters. The first-order valence-corrected chi connectivity index (χ1v) is 7.42. The maximum atomic E-state index is 12.8. The Morgan fingerprint density at radius 2 is 2.14 bits per heavy atom. The van der Waals surface area contributed by atoms with E-state index in [1.165, 1.54) is 0 Å². The molecule has 0 radical (unpaired) electrons. The first kappa shape index (κ1) is 14.6. The molecule has 22 heavy (non-hydrogen) atoms. The van der Waals surface area contributed by atoms with Crippen LogP contribution >= 0.6 is 0 Å². The van der Waals surface area contributed by atoms with E-state index in [2.05, 4.69) is 10.1 Å². The van der Waals surface area contributed by atoms with Crippen molar-refractivity contribution in [3.05, 3.63) is 50.8 Å². The number of nitrogens with one attached hydrogen (secondary N) is 1. The summed E-state index contributed by atoms with van der Waals surface area (Å²) in [5, 5.41) is 3.89. The Kier molecular flexibility index (Phi) is 3.60. The van der Waals surface area contributed by atoms with E-state index in [1.54, 1.807) is 11.0 Å². The normalized spacial score (nSPS) is 18.0. The lowest BCUT2D eigenvalue weighted by atomic mass is 10.1. The summed E-state index contributed by atoms with van der Waals surface area (Å²) in [7, 11) is 0. The molecule has 0 aliphatic carbocycles. The van der Waals surface area contributed by atoms with Gasteiger partial charge in [-0.2, -0.15) is 0 Å². The molecule has 1 aliphatic rings. The smallest absolute Gasteiger partial charge is 0.261 e. The predicted octanol–water partition coefficient (Wildman–Crippen LogP) is 2.27. The van der Waals surface area contributed by atoms with Crippen molar-refractivity contribution >= 4 is 5.91 Å². The summed E-state index contributed by atoms with van der Waals surface area (Å²) in [4.78, 5) is 29.3. The minimum atomic E-state index is -0.340. The van der Waals surface area contributed by atoms with Crippen molar-refractivity contribution in [2.24, 2.45) is 0 Å². The van der Waals surface area contributed by atoms with E-state index < -0.39 is 0 Å². The van der Waals surface area contributed by atoms with Crippen LogP contribution in [-0.4, -0.2) is 27.5 Å². The van der Waals surface area contributed by atoms with Crippen LogP contribution in [0.25, 0.3) is 0 Å². The Hall–Kier alpha value is -2.37. The average molecular weight is 301 g/mol. The number of likely N-dealkylation sites (tertiary alicyclic amines) is 1. The fraction of sp³-hybridized carbons (Fsp3) is 0.438. The van der Waals surface area contributed by atoms with Crippen LogP contribution in [-0.2, 0) is 0 Å². The van der Waals surface area contributed by atoms with Crippen LogP contribution in [0.15, 0.2) is 21.5 Å². The Bertz CT molecular complexity index is 775. The fourth-order valence-corrected chi connectivity index (χ4v) is 2.89. The molecule has 3 heterocycles. The molecule has 116 valence electrons. The zero-order chi connectivity index (χ0) is 15.9. The van der Waals surface area contributed by atoms with Crippen molar-refractivity contribution < 1.29 is 9.32 Å². The highest BCUT2D eigenvalue weighted by Gasteiger charge is 2.34. The van der Waals surface area contributed by atoms with Gasteiger partial charge in [0, 0.05) is 18.3 Å². The van der Waals surface area contributed by atoms with Crippen LogP contribution in [0, 0.1) is 20.8 Å². The number of aryl methyl sites for hydroxylation is 3. The molecular formula is C16H19N3O3. The first-order valence-electron chi connectivity index (χ1n) is 7.42. The van der Waals surface area contributed by atoms with Crippen LogP contribution in [0.5, 0.6) is 0 Å². The molecular weight excluding hydrogens is 282 g/mol. The number of carbonyl (C=O) groups excluding carboxylic acids is 1. The van der Waals surface area contributed by atoms with Gasteiger partial charge in [-0.15, -0.1) is 0 Å². The van der Waals surface area contributed by atoms with Crippen LogP contribution in [0.1, 0.15) is 52.0 Å². The topological polar surface area (TPSA) is 79.2 Å². The highest BCUT2D eigenvalue weighted by Crippen LogP contribution is 2.33. The molecule has 3 rings (SSSR count). The molecule has 0 spiro atoms. The van der Waals surface area contributed by atoms with Gasteiger partial charge < -0.3 is 14.4 Å². The van der Waals surface area contributed by atoms with Gasteiger partial charge in [0.1, 0.15) is 5.56 Å². The molecule has 1 aliphatic heterocycles. The number of hydrogen-bond acceptors (Lipinski definition) is 4. The molecule has 1 fully saturated rings. The molecule has 0 aromatic carbocycles. The van der Waals surface area contributed by atoms with Gasteiger partial charge in [-0.25, -0.2) is 0 Å². The molecule has 2 aromatic rings. The van der Waals surface area contributed by atoms with E-state index in [0.29, 0.717) is 12.3 Å². The number of amides is 1. The zero-order valence-corrected chi connectivity index (χ0v) is 13.0. The molecule has 2 aromatic heterocycles. The standard InChI is InChI=1S/C16H19N3O3/c1-9-7-12(15(20)17-11(9)3)16(21)19-6-4-5-13(19)14-8-10(2)18-22-14/h7-8,13H,4-6H2,1-3H3,(H,17,20). The summed E-state index contributed by atoms with van der Waals surface area (Å²) >= 11 is 0. The Morgan fingerprint density at radius 3 is 2.82 bits per heavy atom. The van der Waals surface area contributed by atoms with Crippen LogP contribution in [0.2, 0.25) is 0 Å². The first-order chi connectivity index (χ1) is 10.5. The molecule has 1 amide bonds. The third-order valence-electron chi connectivity index (χ3n) is 4.22. The van der Waals surface area contributed by atoms with Gasteiger partial charge in [0.25, 0.3) is 11.5 Å². The molecule has 1 saturated heterocycles. The van der Waals surface area contributed by atoms with Gasteiger partial charge in [-0.05, 0) is 45.2 Å². The van der Waals surface area contributed by atoms with Gasteiger partial charge in [-0.3, -0.25) is 9.59 Å². The molecule has 1 unspecified atom stereocenters. The van der Waals surface area contributed by atoms with Crippen molar-refractivity contribution in [1.82, 2.24) is 15.0 Å². The minimum absolute atomic E-state index is 0.144. The SMILES string of the molecule is Cc1cc(C2CCCN2C(=O)c2cc(C)c(C)[nH]c2=O)on1. The summed E-state index contributed by atoms with van der Waals surface area (Å²) < 4.78 is 5.31.